The Morgan fingerprint density at radius 1 is 0.915 bits per heavy atom. The fraction of sp³-hybridized carbons (Fsp3) is 0.667. The summed E-state index contributed by atoms with van der Waals surface area (Å²) in [6, 6.07) is 6.37. The van der Waals surface area contributed by atoms with Crippen molar-refractivity contribution in [2.75, 3.05) is 58.9 Å². The zero-order chi connectivity index (χ0) is 50.7. The SMILES string of the molecule is CC(C)N(C)[C@@H]1CC[C@H](N2CC[C@H](Nc3ncnc4ccc(C(F)(F)F)cc34)C2O)[C@H](NC(=O)C2CCC(NC(=O)CCCOCCCCOCCNC(=O)[C@H]3CC(=O)N(C)[C@@H]3c3cccnc3)CC2)C1. The van der Waals surface area contributed by atoms with Crippen molar-refractivity contribution in [3.63, 3.8) is 0 Å². The van der Waals surface area contributed by atoms with Crippen LogP contribution >= 0.6 is 0 Å². The smallest absolute Gasteiger partial charge is 0.381 e. The van der Waals surface area contributed by atoms with Gasteiger partial charge in [-0.1, -0.05) is 6.07 Å². The molecule has 4 amide bonds. The topological polar surface area (TPSA) is 203 Å². The van der Waals surface area contributed by atoms with E-state index in [9.17, 15) is 37.5 Å². The number of aliphatic hydroxyl groups is 1. The number of amides is 4. The minimum Gasteiger partial charge on any atom is -0.381 e. The first-order valence-electron chi connectivity index (χ1n) is 25.5. The van der Waals surface area contributed by atoms with Gasteiger partial charge in [-0.25, -0.2) is 9.97 Å². The Morgan fingerprint density at radius 2 is 1.66 bits per heavy atom. The van der Waals surface area contributed by atoms with Crippen LogP contribution in [0.15, 0.2) is 49.1 Å². The summed E-state index contributed by atoms with van der Waals surface area (Å²) in [5.74, 6) is -0.723. The number of nitrogens with one attached hydrogen (secondary N) is 4. The second-order valence-corrected chi connectivity index (χ2v) is 20.0. The average molecular weight is 995 g/mol. The maximum Gasteiger partial charge on any atom is 0.416 e. The summed E-state index contributed by atoms with van der Waals surface area (Å²) < 4.78 is 52.3. The number of ether oxygens (including phenoxy) is 2. The fourth-order valence-corrected chi connectivity index (χ4v) is 10.8. The quantitative estimate of drug-likeness (QED) is 0.0824. The first-order chi connectivity index (χ1) is 34.1. The van der Waals surface area contributed by atoms with Crippen molar-refractivity contribution >= 4 is 40.3 Å². The van der Waals surface area contributed by atoms with Crippen molar-refractivity contribution in [2.24, 2.45) is 11.8 Å². The number of benzene rings is 1. The molecule has 7 rings (SSSR count). The Labute approximate surface area is 414 Å². The lowest BCUT2D eigenvalue weighted by atomic mass is 9.82. The first kappa shape index (κ1) is 53.8. The minimum atomic E-state index is -4.53. The molecule has 2 aliphatic carbocycles. The number of alkyl halides is 3. The lowest BCUT2D eigenvalue weighted by Gasteiger charge is -2.46. The molecule has 0 bridgehead atoms. The second-order valence-electron chi connectivity index (χ2n) is 20.0. The van der Waals surface area contributed by atoms with E-state index in [2.05, 4.69) is 62.0 Å². The molecule has 7 atom stereocenters. The summed E-state index contributed by atoms with van der Waals surface area (Å²) in [4.78, 5) is 70.7. The molecule has 4 aliphatic rings. The number of hydrogen-bond donors (Lipinski definition) is 5. The van der Waals surface area contributed by atoms with Crippen molar-refractivity contribution in [2.45, 2.75) is 152 Å². The predicted molar refractivity (Wildman–Crippen MR) is 260 cm³/mol. The molecule has 71 heavy (non-hydrogen) atoms. The molecule has 4 heterocycles. The number of hydrogen-bond acceptors (Lipinski definition) is 13. The van der Waals surface area contributed by atoms with Gasteiger partial charge in [-0.05, 0) is 121 Å². The highest BCUT2D eigenvalue weighted by atomic mass is 19.4. The molecule has 5 N–H and O–H groups in total. The van der Waals surface area contributed by atoms with Gasteiger partial charge in [0.2, 0.25) is 23.6 Å². The van der Waals surface area contributed by atoms with Crippen molar-refractivity contribution in [1.82, 2.24) is 45.6 Å². The van der Waals surface area contributed by atoms with Crippen molar-refractivity contribution < 1.29 is 46.9 Å². The molecule has 2 saturated heterocycles. The Kier molecular flexibility index (Phi) is 19.0. The van der Waals surface area contributed by atoms with Crippen LogP contribution in [0.3, 0.4) is 0 Å². The molecule has 2 aliphatic heterocycles. The molecule has 0 radical (unpaired) electrons. The van der Waals surface area contributed by atoms with Gasteiger partial charge in [-0.3, -0.25) is 29.1 Å². The average Bonchev–Trinajstić information content (AvgIpc) is 3.87. The molecule has 390 valence electrons. The molecule has 17 nitrogen and oxygen atoms in total. The number of nitrogens with zero attached hydrogens (tertiary/aromatic N) is 6. The van der Waals surface area contributed by atoms with E-state index in [-0.39, 0.29) is 77.4 Å². The van der Waals surface area contributed by atoms with Crippen LogP contribution in [0.25, 0.3) is 10.9 Å². The number of halogens is 3. The van der Waals surface area contributed by atoms with E-state index in [0.717, 1.165) is 49.8 Å². The molecule has 20 heteroatoms. The number of rotatable bonds is 22. The molecular formula is C51H73F3N10O7. The maximum atomic E-state index is 14.0. The van der Waals surface area contributed by atoms with Crippen LogP contribution in [-0.4, -0.2) is 154 Å². The largest absolute Gasteiger partial charge is 0.416 e. The first-order valence-corrected chi connectivity index (χ1v) is 25.5. The number of carbonyl (C=O) groups is 4. The third-order valence-electron chi connectivity index (χ3n) is 15.1. The van der Waals surface area contributed by atoms with Gasteiger partial charge in [0.1, 0.15) is 18.4 Å². The van der Waals surface area contributed by atoms with Crippen LogP contribution < -0.4 is 21.3 Å². The zero-order valence-electron chi connectivity index (χ0n) is 41.5. The summed E-state index contributed by atoms with van der Waals surface area (Å²) in [6.07, 6.45) is 7.48. The van der Waals surface area contributed by atoms with Crippen LogP contribution in [0.4, 0.5) is 19.0 Å². The van der Waals surface area contributed by atoms with Crippen LogP contribution in [0, 0.1) is 11.8 Å². The number of carbonyl (C=O) groups excluding carboxylic acids is 4. The molecule has 2 aromatic heterocycles. The second kappa shape index (κ2) is 25.1. The van der Waals surface area contributed by atoms with Crippen LogP contribution in [0.1, 0.15) is 114 Å². The monoisotopic (exact) mass is 995 g/mol. The Balaban J connectivity index is 0.774. The van der Waals surface area contributed by atoms with E-state index < -0.39 is 29.9 Å². The summed E-state index contributed by atoms with van der Waals surface area (Å²) >= 11 is 0. The Bertz CT molecular complexity index is 2240. The third-order valence-corrected chi connectivity index (χ3v) is 15.1. The van der Waals surface area contributed by atoms with E-state index in [4.69, 9.17) is 9.47 Å². The number of unbranched alkanes of at least 4 members (excludes halogenated alkanes) is 1. The summed E-state index contributed by atoms with van der Waals surface area (Å²) in [6.45, 7) is 7.11. The van der Waals surface area contributed by atoms with Crippen molar-refractivity contribution in [3.8, 4) is 0 Å². The minimum absolute atomic E-state index is 0.000832. The lowest BCUT2D eigenvalue weighted by Crippen LogP contribution is -2.60. The van der Waals surface area contributed by atoms with Gasteiger partial charge in [0.25, 0.3) is 0 Å². The van der Waals surface area contributed by atoms with Crippen molar-refractivity contribution in [3.05, 3.63) is 60.2 Å². The van der Waals surface area contributed by atoms with E-state index in [0.29, 0.717) is 96.0 Å². The van der Waals surface area contributed by atoms with Gasteiger partial charge in [-0.2, -0.15) is 13.2 Å². The van der Waals surface area contributed by atoms with Gasteiger partial charge in [0.15, 0.2) is 0 Å². The Morgan fingerprint density at radius 3 is 2.38 bits per heavy atom. The number of likely N-dealkylation sites (tertiary alicyclic amines) is 2. The van der Waals surface area contributed by atoms with Gasteiger partial charge < -0.3 is 45.6 Å². The van der Waals surface area contributed by atoms with Crippen LogP contribution in [-0.2, 0) is 34.8 Å². The number of pyridine rings is 1. The summed E-state index contributed by atoms with van der Waals surface area (Å²) in [5.41, 5.74) is 0.400. The van der Waals surface area contributed by atoms with Crippen molar-refractivity contribution in [1.29, 1.82) is 0 Å². The third kappa shape index (κ3) is 14.1. The summed E-state index contributed by atoms with van der Waals surface area (Å²) in [7, 11) is 3.82. The van der Waals surface area contributed by atoms with E-state index in [1.54, 1.807) is 30.4 Å². The number of aromatic nitrogens is 3. The molecule has 2 saturated carbocycles. The standard InChI is InChI=1S/C51H73F3N10O7/c1-32(2)62(3)37-16-18-43(64-22-19-41(50(64)69)60-47-38-27-35(51(52,53)54)13-17-40(38)57-31-58-47)42(28-37)61-48(67)33-11-14-36(15-12-33)59-44(65)10-8-25-70-23-5-6-24-71-26-21-56-49(68)39-29-45(66)63(4)46(39)34-9-7-20-55-30-34/h7,9,13,17,20,27,30-33,36-37,39,41-43,46,50,69H,5-6,8,10-12,14-16,18-19,21-26,28-29H2,1-4H3,(H,56,68)(H,59,65)(H,61,67)(H,57,58,60)/t33?,36?,37-,39+,41+,42-,43+,46-,50?/m1/s1. The van der Waals surface area contributed by atoms with Gasteiger partial charge >= 0.3 is 6.18 Å². The molecule has 4 fully saturated rings. The summed E-state index contributed by atoms with van der Waals surface area (Å²) in [5, 5.41) is 24.7. The Hall–Kier alpha value is -5.02. The highest BCUT2D eigenvalue weighted by molar-refractivity contribution is 5.91. The molecule has 1 aromatic carbocycles. The van der Waals surface area contributed by atoms with Crippen LogP contribution in [0.2, 0.25) is 0 Å². The molecule has 3 aromatic rings. The van der Waals surface area contributed by atoms with E-state index in [1.807, 2.05) is 11.0 Å². The van der Waals surface area contributed by atoms with E-state index in [1.165, 1.54) is 12.4 Å². The lowest BCUT2D eigenvalue weighted by molar-refractivity contribution is -0.137. The highest BCUT2D eigenvalue weighted by Gasteiger charge is 2.45. The predicted octanol–water partition coefficient (Wildman–Crippen LogP) is 5.20. The van der Waals surface area contributed by atoms with Crippen LogP contribution in [0.5, 0.6) is 0 Å². The maximum absolute atomic E-state index is 14.0. The molecule has 0 spiro atoms. The molecule has 1 unspecified atom stereocenters. The van der Waals surface area contributed by atoms with E-state index >= 15 is 0 Å². The number of anilines is 1. The van der Waals surface area contributed by atoms with Gasteiger partial charge in [0.05, 0.1) is 35.7 Å². The number of fused-ring (bicyclic) bond motifs is 1. The zero-order valence-corrected chi connectivity index (χ0v) is 41.5. The molecular weight excluding hydrogens is 922 g/mol. The number of aliphatic hydroxyl groups excluding tert-OH is 1. The fourth-order valence-electron chi connectivity index (χ4n) is 10.8. The van der Waals surface area contributed by atoms with Gasteiger partial charge in [-0.15, -0.1) is 0 Å². The normalized spacial score (nSPS) is 26.3. The van der Waals surface area contributed by atoms with Gasteiger partial charge in [0, 0.05) is 107 Å². The highest BCUT2D eigenvalue weighted by Crippen LogP contribution is 2.38.